The second kappa shape index (κ2) is 8.27. The summed E-state index contributed by atoms with van der Waals surface area (Å²) in [4.78, 5) is 43.8. The second-order valence-corrected chi connectivity index (χ2v) is 8.71. The van der Waals surface area contributed by atoms with Crippen molar-refractivity contribution in [1.29, 1.82) is 0 Å². The van der Waals surface area contributed by atoms with Crippen molar-refractivity contribution in [2.45, 2.75) is 38.3 Å². The maximum atomic E-state index is 12.9. The van der Waals surface area contributed by atoms with E-state index >= 15 is 0 Å². The molecule has 2 aromatic carbocycles. The molecule has 3 amide bonds. The topological polar surface area (TPSA) is 60.9 Å². The molecule has 3 aliphatic rings. The Balaban J connectivity index is 1.20. The third-order valence-electron chi connectivity index (χ3n) is 6.83. The number of nitrogens with zero attached hydrogens (tertiary/aromatic N) is 3. The molecule has 5 rings (SSSR count). The van der Waals surface area contributed by atoms with Gasteiger partial charge in [-0.3, -0.25) is 19.3 Å². The third kappa shape index (κ3) is 3.76. The highest BCUT2D eigenvalue weighted by Gasteiger charge is 2.35. The monoisotopic (exact) mass is 417 g/mol. The van der Waals surface area contributed by atoms with Gasteiger partial charge < -0.3 is 9.80 Å². The Kier molecular flexibility index (Phi) is 5.32. The predicted molar refractivity (Wildman–Crippen MR) is 117 cm³/mol. The third-order valence-corrected chi connectivity index (χ3v) is 6.83. The molecule has 31 heavy (non-hydrogen) atoms. The molecule has 0 saturated carbocycles. The van der Waals surface area contributed by atoms with Crippen LogP contribution in [0.4, 0.5) is 0 Å². The summed E-state index contributed by atoms with van der Waals surface area (Å²) in [5, 5.41) is 0. The molecule has 0 spiro atoms. The summed E-state index contributed by atoms with van der Waals surface area (Å²) in [6.07, 6.45) is 4.69. The maximum Gasteiger partial charge on any atom is 0.261 e. The van der Waals surface area contributed by atoms with Crippen LogP contribution in [0.5, 0.6) is 0 Å². The van der Waals surface area contributed by atoms with Crippen LogP contribution in [0, 0.1) is 0 Å². The minimum Gasteiger partial charge on any atom is -0.339 e. The van der Waals surface area contributed by atoms with Gasteiger partial charge in [0.15, 0.2) is 0 Å². The normalized spacial score (nSPS) is 19.9. The summed E-state index contributed by atoms with van der Waals surface area (Å²) >= 11 is 0. The molecule has 0 N–H and O–H groups in total. The van der Waals surface area contributed by atoms with Crippen LogP contribution in [0.1, 0.15) is 62.3 Å². The molecule has 6 heteroatoms. The zero-order chi connectivity index (χ0) is 21.4. The predicted octanol–water partition coefficient (Wildman–Crippen LogP) is 3.18. The van der Waals surface area contributed by atoms with Crippen molar-refractivity contribution >= 4 is 17.7 Å². The molecule has 0 unspecified atom stereocenters. The summed E-state index contributed by atoms with van der Waals surface area (Å²) < 4.78 is 0. The minimum atomic E-state index is -0.262. The van der Waals surface area contributed by atoms with Crippen molar-refractivity contribution in [3.05, 3.63) is 70.8 Å². The number of hydrogen-bond donors (Lipinski definition) is 0. The highest BCUT2D eigenvalue weighted by molar-refractivity contribution is 6.21. The summed E-state index contributed by atoms with van der Waals surface area (Å²) in [6, 6.07) is 14.8. The number of hydrogen-bond acceptors (Lipinski definition) is 4. The van der Waals surface area contributed by atoms with Crippen molar-refractivity contribution in [3.8, 4) is 0 Å². The van der Waals surface area contributed by atoms with Gasteiger partial charge in [0.2, 0.25) is 0 Å². The van der Waals surface area contributed by atoms with E-state index < -0.39 is 0 Å². The molecule has 6 nitrogen and oxygen atoms in total. The van der Waals surface area contributed by atoms with Gasteiger partial charge in [0.25, 0.3) is 17.7 Å². The number of carbonyl (C=O) groups excluding carboxylic acids is 3. The first-order valence-electron chi connectivity index (χ1n) is 11.2. The van der Waals surface area contributed by atoms with Gasteiger partial charge in [0.05, 0.1) is 17.7 Å². The maximum absolute atomic E-state index is 12.9. The number of likely N-dealkylation sites (tertiary alicyclic amines) is 2. The van der Waals surface area contributed by atoms with E-state index in [9.17, 15) is 14.4 Å². The number of rotatable bonds is 4. The number of piperidine rings is 1. The first kappa shape index (κ1) is 19.9. The lowest BCUT2D eigenvalue weighted by Crippen LogP contribution is -2.45. The summed E-state index contributed by atoms with van der Waals surface area (Å²) in [5.41, 5.74) is 2.40. The fourth-order valence-corrected chi connectivity index (χ4v) is 5.04. The largest absolute Gasteiger partial charge is 0.339 e. The van der Waals surface area contributed by atoms with Crippen LogP contribution in [0.25, 0.3) is 0 Å². The molecule has 3 heterocycles. The molecule has 3 aliphatic heterocycles. The highest BCUT2D eigenvalue weighted by Crippen LogP contribution is 2.25. The van der Waals surface area contributed by atoms with Crippen molar-refractivity contribution in [3.63, 3.8) is 0 Å². The van der Waals surface area contributed by atoms with E-state index in [1.165, 1.54) is 30.8 Å². The van der Waals surface area contributed by atoms with E-state index in [1.54, 1.807) is 24.3 Å². The van der Waals surface area contributed by atoms with Gasteiger partial charge in [-0.05, 0) is 68.6 Å². The smallest absolute Gasteiger partial charge is 0.261 e. The van der Waals surface area contributed by atoms with Gasteiger partial charge in [-0.15, -0.1) is 0 Å². The Hall–Kier alpha value is -2.99. The van der Waals surface area contributed by atoms with Crippen LogP contribution >= 0.6 is 0 Å². The second-order valence-electron chi connectivity index (χ2n) is 8.71. The van der Waals surface area contributed by atoms with Crippen LogP contribution < -0.4 is 0 Å². The molecule has 0 aliphatic carbocycles. The quantitative estimate of drug-likeness (QED) is 0.717. The van der Waals surface area contributed by atoms with Crippen molar-refractivity contribution in [2.75, 3.05) is 26.2 Å². The van der Waals surface area contributed by atoms with Crippen LogP contribution in [0.15, 0.2) is 48.5 Å². The van der Waals surface area contributed by atoms with Gasteiger partial charge in [-0.2, -0.15) is 0 Å². The van der Waals surface area contributed by atoms with Crippen molar-refractivity contribution in [2.24, 2.45) is 0 Å². The number of amides is 3. The number of fused-ring (bicyclic) bond motifs is 1. The van der Waals surface area contributed by atoms with E-state index in [1.807, 2.05) is 29.2 Å². The molecule has 0 atom stereocenters. The highest BCUT2D eigenvalue weighted by atomic mass is 16.2. The van der Waals surface area contributed by atoms with Crippen LogP contribution in [0.2, 0.25) is 0 Å². The van der Waals surface area contributed by atoms with Crippen LogP contribution in [0.3, 0.4) is 0 Å². The van der Waals surface area contributed by atoms with Crippen molar-refractivity contribution < 1.29 is 14.4 Å². The van der Waals surface area contributed by atoms with E-state index in [-0.39, 0.29) is 24.3 Å². The lowest BCUT2D eigenvalue weighted by Gasteiger charge is -2.36. The van der Waals surface area contributed by atoms with Crippen LogP contribution in [-0.2, 0) is 6.54 Å². The first-order chi connectivity index (χ1) is 15.1. The molecular formula is C25H27N3O3. The molecule has 0 radical (unpaired) electrons. The Labute approximate surface area is 182 Å². The Bertz CT molecular complexity index is 968. The zero-order valence-corrected chi connectivity index (χ0v) is 17.6. The van der Waals surface area contributed by atoms with Gasteiger partial charge in [0.1, 0.15) is 0 Å². The summed E-state index contributed by atoms with van der Waals surface area (Å²) in [7, 11) is 0. The lowest BCUT2D eigenvalue weighted by atomic mass is 10.0. The van der Waals surface area contributed by atoms with Crippen molar-refractivity contribution in [1.82, 2.24) is 14.7 Å². The molecule has 2 saturated heterocycles. The SMILES string of the molecule is O=C(c1ccc(CN2C(=O)c3ccccc3C2=O)cc1)N1CCC(N2CCCC2)CC1. The van der Waals surface area contributed by atoms with Crippen LogP contribution in [-0.4, -0.2) is 64.6 Å². The number of carbonyl (C=O) groups is 3. The summed E-state index contributed by atoms with van der Waals surface area (Å²) in [6.45, 7) is 4.22. The average molecular weight is 418 g/mol. The lowest BCUT2D eigenvalue weighted by molar-refractivity contribution is 0.0630. The molecule has 0 aromatic heterocycles. The van der Waals surface area contributed by atoms with Gasteiger partial charge in [-0.25, -0.2) is 0 Å². The fourth-order valence-electron chi connectivity index (χ4n) is 5.04. The standard InChI is InChI=1S/C25H27N3O3/c29-23(27-15-11-20(12-16-27)26-13-3-4-14-26)19-9-7-18(8-10-19)17-28-24(30)21-5-1-2-6-22(21)25(28)31/h1-2,5-10,20H,3-4,11-17H2. The molecule has 160 valence electrons. The Morgan fingerprint density at radius 3 is 1.97 bits per heavy atom. The Morgan fingerprint density at radius 2 is 1.39 bits per heavy atom. The average Bonchev–Trinajstić information content (AvgIpc) is 3.44. The van der Waals surface area contributed by atoms with E-state index in [0.717, 1.165) is 31.5 Å². The van der Waals surface area contributed by atoms with E-state index in [4.69, 9.17) is 0 Å². The van der Waals surface area contributed by atoms with Gasteiger partial charge in [0, 0.05) is 24.7 Å². The van der Waals surface area contributed by atoms with E-state index in [2.05, 4.69) is 4.90 Å². The van der Waals surface area contributed by atoms with E-state index in [0.29, 0.717) is 22.7 Å². The van der Waals surface area contributed by atoms with Gasteiger partial charge >= 0.3 is 0 Å². The van der Waals surface area contributed by atoms with Gasteiger partial charge in [-0.1, -0.05) is 24.3 Å². The number of imide groups is 1. The zero-order valence-electron chi connectivity index (χ0n) is 17.6. The summed E-state index contributed by atoms with van der Waals surface area (Å²) in [5.74, 6) is -0.463. The first-order valence-corrected chi connectivity index (χ1v) is 11.2. The molecule has 0 bridgehead atoms. The molecule has 2 fully saturated rings. The molecular weight excluding hydrogens is 390 g/mol. The number of benzene rings is 2. The minimum absolute atomic E-state index is 0.0622. The fraction of sp³-hybridized carbons (Fsp3) is 0.400. The molecule has 2 aromatic rings. The Morgan fingerprint density at radius 1 is 0.806 bits per heavy atom.